The Morgan fingerprint density at radius 2 is 1.30 bits per heavy atom. The van der Waals surface area contributed by atoms with E-state index in [1.54, 1.807) is 21.1 Å². The molecule has 0 fully saturated rings. The van der Waals surface area contributed by atoms with Gasteiger partial charge in [-0.3, -0.25) is 4.79 Å². The van der Waals surface area contributed by atoms with Gasteiger partial charge in [-0.15, -0.1) is 12.6 Å². The molecule has 0 atom stereocenters. The van der Waals surface area contributed by atoms with Crippen LogP contribution in [-0.2, 0) is 4.79 Å². The van der Waals surface area contributed by atoms with Gasteiger partial charge in [-0.25, -0.2) is 0 Å². The Kier molecular flexibility index (Phi) is 5.28. The van der Waals surface area contributed by atoms with Gasteiger partial charge >= 0.3 is 0 Å². The summed E-state index contributed by atoms with van der Waals surface area (Å²) < 4.78 is 11.1. The van der Waals surface area contributed by atoms with Gasteiger partial charge in [0.2, 0.25) is 5.12 Å². The highest BCUT2D eigenvalue weighted by Crippen LogP contribution is 2.43. The first kappa shape index (κ1) is 16.6. The van der Waals surface area contributed by atoms with Crippen LogP contribution in [0.15, 0.2) is 5.57 Å². The van der Waals surface area contributed by atoms with Gasteiger partial charge in [0.1, 0.15) is 11.5 Å². The predicted octanol–water partition coefficient (Wildman–Crippen LogP) is 3.88. The van der Waals surface area contributed by atoms with E-state index in [9.17, 15) is 4.79 Å². The molecule has 0 aliphatic heterocycles. The van der Waals surface area contributed by atoms with E-state index >= 15 is 0 Å². The zero-order valence-electron chi connectivity index (χ0n) is 13.2. The molecule has 0 N–H and O–H groups in total. The molecule has 3 nitrogen and oxygen atoms in total. The lowest BCUT2D eigenvalue weighted by Crippen LogP contribution is -2.04. The number of rotatable bonds is 4. The fourth-order valence-electron chi connectivity index (χ4n) is 2.30. The molecule has 4 heteroatoms. The third-order valence-electron chi connectivity index (χ3n) is 3.93. The van der Waals surface area contributed by atoms with Crippen LogP contribution in [0.4, 0.5) is 0 Å². The van der Waals surface area contributed by atoms with Crippen LogP contribution in [0.1, 0.15) is 36.1 Å². The SMILES string of the molecule is COc1c(C)c(C)c(C)c(OC)c1/C(C)=C(\C)C(=O)S. The van der Waals surface area contributed by atoms with E-state index in [1.807, 2.05) is 27.7 Å². The minimum Gasteiger partial charge on any atom is -0.496 e. The molecule has 0 unspecified atom stereocenters. The summed E-state index contributed by atoms with van der Waals surface area (Å²) in [5, 5.41) is -0.248. The largest absolute Gasteiger partial charge is 0.496 e. The first-order valence-electron chi connectivity index (χ1n) is 6.40. The molecule has 0 aliphatic rings. The normalized spacial score (nSPS) is 12.0. The summed E-state index contributed by atoms with van der Waals surface area (Å²) in [5.74, 6) is 1.49. The Bertz CT molecular complexity index is 555. The van der Waals surface area contributed by atoms with Crippen LogP contribution in [-0.4, -0.2) is 19.3 Å². The van der Waals surface area contributed by atoms with Gasteiger partial charge in [0.15, 0.2) is 0 Å². The summed E-state index contributed by atoms with van der Waals surface area (Å²) in [7, 11) is 3.26. The van der Waals surface area contributed by atoms with Crippen LogP contribution >= 0.6 is 12.6 Å². The number of ether oxygens (including phenoxy) is 2. The van der Waals surface area contributed by atoms with E-state index in [0.717, 1.165) is 39.3 Å². The number of carbonyl (C=O) groups excluding carboxylic acids is 1. The molecule has 110 valence electrons. The number of benzene rings is 1. The second-order valence-electron chi connectivity index (χ2n) is 4.87. The summed E-state index contributed by atoms with van der Waals surface area (Å²) in [6, 6.07) is 0. The standard InChI is InChI=1S/C16H22O3S/c1-8-10(3)14(18-6)13(15(19-7)11(8)4)9(2)12(5)16(17)20/h1-7H3,(H,17,20)/b12-9+. The molecule has 1 aromatic rings. The molecule has 0 heterocycles. The van der Waals surface area contributed by atoms with Crippen molar-refractivity contribution in [1.29, 1.82) is 0 Å². The third kappa shape index (κ3) is 2.70. The molecule has 0 aliphatic carbocycles. The number of hydrogen-bond donors (Lipinski definition) is 1. The smallest absolute Gasteiger partial charge is 0.212 e. The van der Waals surface area contributed by atoms with Gasteiger partial charge in [0.05, 0.1) is 19.8 Å². The van der Waals surface area contributed by atoms with Crippen LogP contribution in [0, 0.1) is 20.8 Å². The van der Waals surface area contributed by atoms with Crippen molar-refractivity contribution >= 4 is 23.3 Å². The Morgan fingerprint density at radius 1 is 0.900 bits per heavy atom. The van der Waals surface area contributed by atoms with Crippen molar-refractivity contribution in [1.82, 2.24) is 0 Å². The molecule has 1 rings (SSSR count). The molecule has 0 spiro atoms. The van der Waals surface area contributed by atoms with Crippen LogP contribution in [0.2, 0.25) is 0 Å². The zero-order valence-corrected chi connectivity index (χ0v) is 14.1. The van der Waals surface area contributed by atoms with E-state index in [0.29, 0.717) is 5.57 Å². The van der Waals surface area contributed by atoms with Crippen LogP contribution in [0.25, 0.3) is 5.57 Å². The number of methoxy groups -OCH3 is 2. The molecule has 0 saturated carbocycles. The van der Waals surface area contributed by atoms with Gasteiger partial charge in [0, 0.05) is 5.57 Å². The molecule has 0 aromatic heterocycles. The Hall–Kier alpha value is -1.42. The highest BCUT2D eigenvalue weighted by atomic mass is 32.1. The number of hydrogen-bond acceptors (Lipinski definition) is 3. The van der Waals surface area contributed by atoms with Crippen LogP contribution in [0.3, 0.4) is 0 Å². The molecular formula is C16H22O3S. The molecular weight excluding hydrogens is 272 g/mol. The minimum absolute atomic E-state index is 0.248. The molecule has 0 amide bonds. The molecule has 0 bridgehead atoms. The van der Waals surface area contributed by atoms with Gasteiger partial charge in [-0.1, -0.05) is 0 Å². The molecule has 20 heavy (non-hydrogen) atoms. The van der Waals surface area contributed by atoms with Gasteiger partial charge < -0.3 is 9.47 Å². The van der Waals surface area contributed by atoms with E-state index in [2.05, 4.69) is 12.6 Å². The van der Waals surface area contributed by atoms with E-state index in [1.165, 1.54) is 0 Å². The average Bonchev–Trinajstić information content (AvgIpc) is 2.42. The summed E-state index contributed by atoms with van der Waals surface area (Å²) >= 11 is 3.90. The lowest BCUT2D eigenvalue weighted by molar-refractivity contribution is -0.107. The van der Waals surface area contributed by atoms with E-state index in [-0.39, 0.29) is 5.12 Å². The van der Waals surface area contributed by atoms with Crippen molar-refractivity contribution in [3.8, 4) is 11.5 Å². The second-order valence-corrected chi connectivity index (χ2v) is 5.28. The van der Waals surface area contributed by atoms with Crippen molar-refractivity contribution in [3.05, 3.63) is 27.8 Å². The van der Waals surface area contributed by atoms with E-state index in [4.69, 9.17) is 9.47 Å². The summed E-state index contributed by atoms with van der Waals surface area (Å²) in [6.07, 6.45) is 0. The zero-order chi connectivity index (χ0) is 15.6. The maximum atomic E-state index is 11.5. The maximum Gasteiger partial charge on any atom is 0.212 e. The summed E-state index contributed by atoms with van der Waals surface area (Å²) in [6.45, 7) is 9.70. The topological polar surface area (TPSA) is 35.5 Å². The highest BCUT2D eigenvalue weighted by Gasteiger charge is 2.22. The second kappa shape index (κ2) is 6.35. The Balaban J connectivity index is 3.86. The van der Waals surface area contributed by atoms with Crippen molar-refractivity contribution in [3.63, 3.8) is 0 Å². The first-order valence-corrected chi connectivity index (χ1v) is 6.85. The van der Waals surface area contributed by atoms with Crippen molar-refractivity contribution in [2.24, 2.45) is 0 Å². The molecule has 0 radical (unpaired) electrons. The quantitative estimate of drug-likeness (QED) is 0.676. The van der Waals surface area contributed by atoms with Crippen LogP contribution < -0.4 is 9.47 Å². The van der Waals surface area contributed by atoms with Crippen molar-refractivity contribution in [2.45, 2.75) is 34.6 Å². The van der Waals surface area contributed by atoms with Crippen LogP contribution in [0.5, 0.6) is 11.5 Å². The minimum atomic E-state index is -0.248. The maximum absolute atomic E-state index is 11.5. The highest BCUT2D eigenvalue weighted by molar-refractivity contribution is 7.97. The number of carbonyl (C=O) groups is 1. The van der Waals surface area contributed by atoms with Gasteiger partial charge in [0.25, 0.3) is 0 Å². The number of allylic oxidation sites excluding steroid dienone is 1. The Labute approximate surface area is 126 Å². The average molecular weight is 294 g/mol. The van der Waals surface area contributed by atoms with Crippen molar-refractivity contribution < 1.29 is 14.3 Å². The number of thiol groups is 1. The van der Waals surface area contributed by atoms with E-state index < -0.39 is 0 Å². The monoisotopic (exact) mass is 294 g/mol. The fraction of sp³-hybridized carbons (Fsp3) is 0.438. The third-order valence-corrected chi connectivity index (χ3v) is 4.26. The fourth-order valence-corrected chi connectivity index (χ4v) is 2.47. The first-order chi connectivity index (χ1) is 9.27. The van der Waals surface area contributed by atoms with Gasteiger partial charge in [-0.05, 0) is 56.9 Å². The summed E-state index contributed by atoms with van der Waals surface area (Å²) in [5.41, 5.74) is 5.48. The lowest BCUT2D eigenvalue weighted by Gasteiger charge is -2.21. The lowest BCUT2D eigenvalue weighted by atomic mass is 9.92. The molecule has 1 aromatic carbocycles. The van der Waals surface area contributed by atoms with Crippen molar-refractivity contribution in [2.75, 3.05) is 14.2 Å². The predicted molar refractivity (Wildman–Crippen MR) is 86.0 cm³/mol. The molecule has 0 saturated heterocycles. The van der Waals surface area contributed by atoms with Gasteiger partial charge in [-0.2, -0.15) is 0 Å². The Morgan fingerprint density at radius 3 is 1.60 bits per heavy atom. The summed E-state index contributed by atoms with van der Waals surface area (Å²) in [4.78, 5) is 11.5.